The number of alkyl halides is 3. The van der Waals surface area contributed by atoms with Gasteiger partial charge in [-0.3, -0.25) is 4.79 Å². The molecule has 0 aliphatic rings. The third-order valence-electron chi connectivity index (χ3n) is 5.76. The number of anilines is 1. The van der Waals surface area contributed by atoms with Gasteiger partial charge >= 0.3 is 6.18 Å². The number of thiocarbonyl (C=S) groups is 1. The van der Waals surface area contributed by atoms with Crippen LogP contribution in [0.25, 0.3) is 10.9 Å². The van der Waals surface area contributed by atoms with Gasteiger partial charge in [-0.1, -0.05) is 30.3 Å². The van der Waals surface area contributed by atoms with Crippen LogP contribution >= 0.6 is 12.2 Å². The Balaban J connectivity index is 1.42. The smallest absolute Gasteiger partial charge is 0.417 e. The van der Waals surface area contributed by atoms with Crippen LogP contribution in [-0.2, 0) is 19.1 Å². The van der Waals surface area contributed by atoms with Gasteiger partial charge < -0.3 is 25.1 Å². The molecule has 0 unspecified atom stereocenters. The molecule has 0 aliphatic carbocycles. The minimum Gasteiger partial charge on any atom is -0.493 e. The largest absolute Gasteiger partial charge is 0.493 e. The van der Waals surface area contributed by atoms with E-state index < -0.39 is 17.3 Å². The highest BCUT2D eigenvalue weighted by atomic mass is 32.1. The fourth-order valence-corrected chi connectivity index (χ4v) is 4.22. The van der Waals surface area contributed by atoms with Crippen molar-refractivity contribution in [3.8, 4) is 11.5 Å². The highest BCUT2D eigenvalue weighted by molar-refractivity contribution is 7.80. The molecule has 0 saturated heterocycles. The standard InChI is InChI=1S/C27H24F3N3O3S/c1-35-23-5-3-4-18(25(23)36-2)15-31-26(37)32-19-9-6-16(7-10-19)12-17-8-11-22-20(13-17)21(27(28,29)30)14-24(34)33-22/h3-11,13-14H,12,15H2,1-2H3,(H,33,34)(H2,31,32,37). The summed E-state index contributed by atoms with van der Waals surface area (Å²) in [5.41, 5.74) is 1.66. The molecule has 0 amide bonds. The number of fused-ring (bicyclic) bond motifs is 1. The molecule has 37 heavy (non-hydrogen) atoms. The molecule has 0 atom stereocenters. The molecule has 0 radical (unpaired) electrons. The molecule has 10 heteroatoms. The number of para-hydroxylation sites is 1. The van der Waals surface area contributed by atoms with Crippen molar-refractivity contribution in [2.45, 2.75) is 19.1 Å². The predicted molar refractivity (Wildman–Crippen MR) is 141 cm³/mol. The van der Waals surface area contributed by atoms with Crippen molar-refractivity contribution in [2.24, 2.45) is 0 Å². The number of H-pyrrole nitrogens is 1. The van der Waals surface area contributed by atoms with E-state index in [1.165, 1.54) is 12.1 Å². The Kier molecular flexibility index (Phi) is 7.68. The summed E-state index contributed by atoms with van der Waals surface area (Å²) in [6.45, 7) is 0.428. The SMILES string of the molecule is COc1cccc(CNC(=S)Nc2ccc(Cc3ccc4[nH]c(=O)cc(C(F)(F)F)c4c3)cc2)c1OC. The van der Waals surface area contributed by atoms with E-state index in [0.717, 1.165) is 16.8 Å². The van der Waals surface area contributed by atoms with Crippen molar-refractivity contribution in [2.75, 3.05) is 19.5 Å². The highest BCUT2D eigenvalue weighted by Crippen LogP contribution is 2.34. The second-order valence-electron chi connectivity index (χ2n) is 8.26. The highest BCUT2D eigenvalue weighted by Gasteiger charge is 2.33. The molecule has 0 fully saturated rings. The molecule has 0 saturated carbocycles. The number of rotatable bonds is 7. The van der Waals surface area contributed by atoms with Gasteiger partial charge in [-0.2, -0.15) is 13.2 Å². The molecule has 4 aromatic rings. The van der Waals surface area contributed by atoms with E-state index in [0.29, 0.717) is 41.2 Å². The normalized spacial score (nSPS) is 11.3. The van der Waals surface area contributed by atoms with Crippen molar-refractivity contribution in [3.63, 3.8) is 0 Å². The summed E-state index contributed by atoms with van der Waals surface area (Å²) in [5, 5.41) is 6.63. The number of nitrogens with one attached hydrogen (secondary N) is 3. The van der Waals surface area contributed by atoms with Gasteiger partial charge in [0.2, 0.25) is 5.56 Å². The third-order valence-corrected chi connectivity index (χ3v) is 6.00. The number of hydrogen-bond donors (Lipinski definition) is 3. The summed E-state index contributed by atoms with van der Waals surface area (Å²) in [4.78, 5) is 14.1. The Morgan fingerprint density at radius 3 is 2.38 bits per heavy atom. The summed E-state index contributed by atoms with van der Waals surface area (Å²) >= 11 is 5.40. The van der Waals surface area contributed by atoms with Gasteiger partial charge in [0.25, 0.3) is 0 Å². The van der Waals surface area contributed by atoms with Crippen LogP contribution in [0, 0.1) is 0 Å². The maximum absolute atomic E-state index is 13.4. The van der Waals surface area contributed by atoms with Gasteiger partial charge in [-0.15, -0.1) is 0 Å². The van der Waals surface area contributed by atoms with Crippen LogP contribution in [-0.4, -0.2) is 24.3 Å². The average molecular weight is 528 g/mol. The molecular formula is C27H24F3N3O3S. The minimum atomic E-state index is -4.62. The van der Waals surface area contributed by atoms with Crippen LogP contribution in [0.4, 0.5) is 18.9 Å². The molecule has 4 rings (SSSR count). The van der Waals surface area contributed by atoms with Gasteiger partial charge in [-0.05, 0) is 60.1 Å². The summed E-state index contributed by atoms with van der Waals surface area (Å²) in [7, 11) is 3.15. The Morgan fingerprint density at radius 2 is 1.70 bits per heavy atom. The van der Waals surface area contributed by atoms with Gasteiger partial charge in [0.15, 0.2) is 16.6 Å². The van der Waals surface area contributed by atoms with Crippen molar-refractivity contribution in [3.05, 3.63) is 99.3 Å². The molecule has 1 aromatic heterocycles. The van der Waals surface area contributed by atoms with E-state index in [-0.39, 0.29) is 10.9 Å². The van der Waals surface area contributed by atoms with Crippen LogP contribution in [0.15, 0.2) is 71.5 Å². The lowest BCUT2D eigenvalue weighted by Gasteiger charge is -2.15. The van der Waals surface area contributed by atoms with Crippen LogP contribution in [0.1, 0.15) is 22.3 Å². The zero-order chi connectivity index (χ0) is 26.6. The maximum atomic E-state index is 13.4. The van der Waals surface area contributed by atoms with Gasteiger partial charge in [-0.25, -0.2) is 0 Å². The quantitative estimate of drug-likeness (QED) is 0.270. The number of ether oxygens (including phenoxy) is 2. The summed E-state index contributed by atoms with van der Waals surface area (Å²) in [6.07, 6.45) is -4.20. The van der Waals surface area contributed by atoms with Gasteiger partial charge in [0, 0.05) is 34.8 Å². The number of halogens is 3. The van der Waals surface area contributed by atoms with E-state index in [1.807, 2.05) is 42.5 Å². The first-order valence-electron chi connectivity index (χ1n) is 11.2. The first kappa shape index (κ1) is 26.0. The lowest BCUT2D eigenvalue weighted by molar-refractivity contribution is -0.136. The van der Waals surface area contributed by atoms with E-state index in [9.17, 15) is 18.0 Å². The lowest BCUT2D eigenvalue weighted by atomic mass is 10.0. The number of benzene rings is 3. The Hall–Kier alpha value is -4.05. The average Bonchev–Trinajstić information content (AvgIpc) is 2.87. The molecular weight excluding hydrogens is 503 g/mol. The molecule has 192 valence electrons. The van der Waals surface area contributed by atoms with E-state index in [4.69, 9.17) is 21.7 Å². The molecule has 3 N–H and O–H groups in total. The number of methoxy groups -OCH3 is 2. The number of hydrogen-bond acceptors (Lipinski definition) is 4. The first-order chi connectivity index (χ1) is 17.7. The number of aromatic nitrogens is 1. The van der Waals surface area contributed by atoms with Crippen molar-refractivity contribution in [1.29, 1.82) is 0 Å². The fourth-order valence-electron chi connectivity index (χ4n) is 4.03. The van der Waals surface area contributed by atoms with Crippen LogP contribution in [0.3, 0.4) is 0 Å². The van der Waals surface area contributed by atoms with Crippen LogP contribution in [0.2, 0.25) is 0 Å². The summed E-state index contributed by atoms with van der Waals surface area (Å²) in [5.74, 6) is 1.26. The third kappa shape index (κ3) is 6.21. The van der Waals surface area contributed by atoms with Crippen LogP contribution in [0.5, 0.6) is 11.5 Å². The second kappa shape index (κ2) is 10.9. The van der Waals surface area contributed by atoms with Crippen molar-refractivity contribution in [1.82, 2.24) is 10.3 Å². The molecule has 1 heterocycles. The summed E-state index contributed by atoms with van der Waals surface area (Å²) < 4.78 is 51.1. The van der Waals surface area contributed by atoms with Crippen LogP contribution < -0.4 is 25.7 Å². The number of pyridine rings is 1. The molecule has 0 aliphatic heterocycles. The van der Waals surface area contributed by atoms with E-state index >= 15 is 0 Å². The molecule has 3 aromatic carbocycles. The molecule has 0 spiro atoms. The van der Waals surface area contributed by atoms with Gasteiger partial charge in [0.05, 0.1) is 19.8 Å². The molecule has 0 bridgehead atoms. The Morgan fingerprint density at radius 1 is 0.973 bits per heavy atom. The zero-order valence-electron chi connectivity index (χ0n) is 20.0. The molecule has 6 nitrogen and oxygen atoms in total. The van der Waals surface area contributed by atoms with Gasteiger partial charge in [0.1, 0.15) is 0 Å². The first-order valence-corrected chi connectivity index (χ1v) is 11.7. The number of aromatic amines is 1. The predicted octanol–water partition coefficient (Wildman–Crippen LogP) is 5.64. The monoisotopic (exact) mass is 527 g/mol. The fraction of sp³-hybridized carbons (Fsp3) is 0.185. The van der Waals surface area contributed by atoms with Crippen molar-refractivity contribution < 1.29 is 22.6 Å². The minimum absolute atomic E-state index is 0.0352. The summed E-state index contributed by atoms with van der Waals surface area (Å²) in [6, 6.07) is 18.3. The van der Waals surface area contributed by atoms with Crippen molar-refractivity contribution >= 4 is 33.9 Å². The lowest BCUT2D eigenvalue weighted by Crippen LogP contribution is -2.28. The maximum Gasteiger partial charge on any atom is 0.417 e. The van der Waals surface area contributed by atoms with E-state index in [1.54, 1.807) is 20.3 Å². The second-order valence-corrected chi connectivity index (χ2v) is 8.67. The topological polar surface area (TPSA) is 75.4 Å². The Labute approximate surface area is 216 Å². The zero-order valence-corrected chi connectivity index (χ0v) is 20.8. The van der Waals surface area contributed by atoms with E-state index in [2.05, 4.69) is 15.6 Å². The Bertz CT molecular complexity index is 1480.